The van der Waals surface area contributed by atoms with Crippen molar-refractivity contribution in [1.82, 2.24) is 4.72 Å². The number of halogens is 1. The van der Waals surface area contributed by atoms with Crippen LogP contribution in [-0.4, -0.2) is 32.1 Å². The number of nitrogens with one attached hydrogen (secondary N) is 1. The van der Waals surface area contributed by atoms with Gasteiger partial charge >= 0.3 is 5.97 Å². The van der Waals surface area contributed by atoms with Gasteiger partial charge in [0.15, 0.2) is 0 Å². The van der Waals surface area contributed by atoms with E-state index >= 15 is 0 Å². The van der Waals surface area contributed by atoms with Gasteiger partial charge in [0, 0.05) is 0 Å². The van der Waals surface area contributed by atoms with E-state index in [4.69, 9.17) is 16.3 Å². The molecule has 2 aromatic carbocycles. The van der Waals surface area contributed by atoms with Crippen molar-refractivity contribution in [3.63, 3.8) is 0 Å². The molecule has 0 radical (unpaired) electrons. The van der Waals surface area contributed by atoms with E-state index in [1.807, 2.05) is 0 Å². The summed E-state index contributed by atoms with van der Waals surface area (Å²) in [5, 5.41) is 9.48. The van der Waals surface area contributed by atoms with Crippen LogP contribution in [0.15, 0.2) is 53.4 Å². The Morgan fingerprint density at radius 1 is 1.24 bits per heavy atom. The van der Waals surface area contributed by atoms with Crippen LogP contribution in [0.3, 0.4) is 0 Å². The van der Waals surface area contributed by atoms with Crippen molar-refractivity contribution in [2.45, 2.75) is 24.3 Å². The van der Waals surface area contributed by atoms with Crippen molar-refractivity contribution >= 4 is 27.6 Å². The zero-order chi connectivity index (χ0) is 18.4. The highest BCUT2D eigenvalue weighted by molar-refractivity contribution is 7.89. The van der Waals surface area contributed by atoms with Crippen LogP contribution in [0.5, 0.6) is 5.75 Å². The number of aliphatic carboxylic acids is 1. The number of rotatable bonds is 8. The molecule has 25 heavy (non-hydrogen) atoms. The van der Waals surface area contributed by atoms with Crippen LogP contribution < -0.4 is 9.46 Å². The largest absolute Gasteiger partial charge is 0.492 e. The normalized spacial score (nSPS) is 12.6. The van der Waals surface area contributed by atoms with Crippen LogP contribution >= 0.6 is 11.6 Å². The highest BCUT2D eigenvalue weighted by atomic mass is 35.5. The molecule has 1 unspecified atom stereocenters. The number of carbonyl (C=O) groups is 1. The van der Waals surface area contributed by atoms with Crippen LogP contribution in [0.4, 0.5) is 0 Å². The standard InChI is InChI=1S/C17H18ClNO5S/c1-2-24-16-9-8-13(11-14(16)18)25(22,23)19-15(17(20)21)10-12-6-4-3-5-7-12/h3-9,11,15,19H,2,10H2,1H3,(H,20,21). The molecule has 0 aliphatic carbocycles. The average molecular weight is 384 g/mol. The lowest BCUT2D eigenvalue weighted by Gasteiger charge is -2.15. The minimum atomic E-state index is -4.05. The van der Waals surface area contributed by atoms with Gasteiger partial charge in [-0.05, 0) is 37.1 Å². The van der Waals surface area contributed by atoms with Gasteiger partial charge in [0.1, 0.15) is 11.8 Å². The summed E-state index contributed by atoms with van der Waals surface area (Å²) in [5.41, 5.74) is 0.710. The van der Waals surface area contributed by atoms with E-state index in [1.165, 1.54) is 18.2 Å². The Bertz CT molecular complexity index is 839. The Hall–Kier alpha value is -2.09. The van der Waals surface area contributed by atoms with Gasteiger partial charge in [0.25, 0.3) is 0 Å². The molecule has 8 heteroatoms. The monoisotopic (exact) mass is 383 g/mol. The Morgan fingerprint density at radius 3 is 2.48 bits per heavy atom. The molecule has 1 atom stereocenters. The number of ether oxygens (including phenoxy) is 1. The quantitative estimate of drug-likeness (QED) is 0.731. The number of benzene rings is 2. The molecule has 0 spiro atoms. The van der Waals surface area contributed by atoms with Crippen molar-refractivity contribution in [2.24, 2.45) is 0 Å². The Balaban J connectivity index is 2.22. The zero-order valence-corrected chi connectivity index (χ0v) is 15.0. The van der Waals surface area contributed by atoms with E-state index in [0.29, 0.717) is 17.9 Å². The van der Waals surface area contributed by atoms with Crippen molar-refractivity contribution < 1.29 is 23.1 Å². The van der Waals surface area contributed by atoms with Crippen LogP contribution in [0.25, 0.3) is 0 Å². The third kappa shape index (κ3) is 5.19. The fourth-order valence-electron chi connectivity index (χ4n) is 2.21. The van der Waals surface area contributed by atoms with E-state index < -0.39 is 22.0 Å². The van der Waals surface area contributed by atoms with Crippen LogP contribution in [-0.2, 0) is 21.2 Å². The highest BCUT2D eigenvalue weighted by Gasteiger charge is 2.26. The number of hydrogen-bond acceptors (Lipinski definition) is 4. The van der Waals surface area contributed by atoms with Gasteiger partial charge in [0.2, 0.25) is 10.0 Å². The molecule has 2 rings (SSSR count). The fourth-order valence-corrected chi connectivity index (χ4v) is 3.72. The van der Waals surface area contributed by atoms with Gasteiger partial charge in [-0.2, -0.15) is 4.72 Å². The van der Waals surface area contributed by atoms with Gasteiger partial charge < -0.3 is 9.84 Å². The maximum Gasteiger partial charge on any atom is 0.322 e. The summed E-state index contributed by atoms with van der Waals surface area (Å²) in [7, 11) is -4.05. The summed E-state index contributed by atoms with van der Waals surface area (Å²) in [4.78, 5) is 11.3. The lowest BCUT2D eigenvalue weighted by Crippen LogP contribution is -2.42. The lowest BCUT2D eigenvalue weighted by molar-refractivity contribution is -0.138. The van der Waals surface area contributed by atoms with E-state index in [0.717, 1.165) is 0 Å². The lowest BCUT2D eigenvalue weighted by atomic mass is 10.1. The summed E-state index contributed by atoms with van der Waals surface area (Å²) >= 11 is 6.01. The van der Waals surface area contributed by atoms with Crippen molar-refractivity contribution in [1.29, 1.82) is 0 Å². The number of carboxylic acids is 1. The first-order chi connectivity index (χ1) is 11.8. The SMILES string of the molecule is CCOc1ccc(S(=O)(=O)NC(Cc2ccccc2)C(=O)O)cc1Cl. The molecule has 6 nitrogen and oxygen atoms in total. The first-order valence-electron chi connectivity index (χ1n) is 7.55. The Kier molecular flexibility index (Phi) is 6.41. The van der Waals surface area contributed by atoms with E-state index in [2.05, 4.69) is 4.72 Å². The molecule has 0 bridgehead atoms. The van der Waals surface area contributed by atoms with Gasteiger partial charge in [-0.25, -0.2) is 8.42 Å². The predicted molar refractivity (Wildman–Crippen MR) is 94.5 cm³/mol. The first kappa shape index (κ1) is 19.2. The molecule has 0 saturated carbocycles. The topological polar surface area (TPSA) is 92.7 Å². The maximum absolute atomic E-state index is 12.5. The molecule has 0 aromatic heterocycles. The van der Waals surface area contributed by atoms with Crippen LogP contribution in [0.1, 0.15) is 12.5 Å². The van der Waals surface area contributed by atoms with Gasteiger partial charge in [-0.3, -0.25) is 4.79 Å². The minimum absolute atomic E-state index is 0.0279. The molecule has 0 amide bonds. The molecule has 0 fully saturated rings. The summed E-state index contributed by atoms with van der Waals surface area (Å²) < 4.78 is 32.4. The second-order valence-electron chi connectivity index (χ2n) is 5.23. The summed E-state index contributed by atoms with van der Waals surface area (Å²) in [6, 6.07) is 11.5. The first-order valence-corrected chi connectivity index (χ1v) is 9.41. The smallest absolute Gasteiger partial charge is 0.322 e. The van der Waals surface area contributed by atoms with Crippen molar-refractivity contribution in [3.8, 4) is 5.75 Å². The van der Waals surface area contributed by atoms with E-state index in [9.17, 15) is 18.3 Å². The van der Waals surface area contributed by atoms with Crippen molar-refractivity contribution in [2.75, 3.05) is 6.61 Å². The van der Waals surface area contributed by atoms with Gasteiger partial charge in [-0.15, -0.1) is 0 Å². The van der Waals surface area contributed by atoms with E-state index in [1.54, 1.807) is 37.3 Å². The maximum atomic E-state index is 12.5. The van der Waals surface area contributed by atoms with Gasteiger partial charge in [0.05, 0.1) is 16.5 Å². The predicted octanol–water partition coefficient (Wildman–Crippen LogP) is 2.71. The molecule has 0 aliphatic heterocycles. The molecule has 134 valence electrons. The van der Waals surface area contributed by atoms with Crippen LogP contribution in [0.2, 0.25) is 5.02 Å². The highest BCUT2D eigenvalue weighted by Crippen LogP contribution is 2.27. The molecule has 2 N–H and O–H groups in total. The molecular formula is C17H18ClNO5S. The molecule has 0 saturated heterocycles. The van der Waals surface area contributed by atoms with E-state index in [-0.39, 0.29) is 16.3 Å². The number of sulfonamides is 1. The second-order valence-corrected chi connectivity index (χ2v) is 7.35. The third-order valence-electron chi connectivity index (χ3n) is 3.39. The fraction of sp³-hybridized carbons (Fsp3) is 0.235. The van der Waals surface area contributed by atoms with Gasteiger partial charge in [-0.1, -0.05) is 41.9 Å². The third-order valence-corrected chi connectivity index (χ3v) is 5.16. The summed E-state index contributed by atoms with van der Waals surface area (Å²) in [6.45, 7) is 2.17. The molecule has 0 heterocycles. The Morgan fingerprint density at radius 2 is 1.92 bits per heavy atom. The average Bonchev–Trinajstić information content (AvgIpc) is 2.57. The van der Waals surface area contributed by atoms with Crippen LogP contribution in [0, 0.1) is 0 Å². The molecular weight excluding hydrogens is 366 g/mol. The van der Waals surface area contributed by atoms with Crippen molar-refractivity contribution in [3.05, 3.63) is 59.1 Å². The minimum Gasteiger partial charge on any atom is -0.492 e. The zero-order valence-electron chi connectivity index (χ0n) is 13.5. The number of carboxylic acid groups (broad SMARTS) is 1. The summed E-state index contributed by atoms with van der Waals surface area (Å²) in [5.74, 6) is -0.897. The second kappa shape index (κ2) is 8.33. The number of hydrogen-bond donors (Lipinski definition) is 2. The molecule has 0 aliphatic rings. The Labute approximate surface area is 151 Å². The molecule has 2 aromatic rings. The summed E-state index contributed by atoms with van der Waals surface area (Å²) in [6.07, 6.45) is 0.0279.